The third kappa shape index (κ3) is 7.09. The average Bonchev–Trinajstić information content (AvgIpc) is 3.41. The molecule has 1 saturated heterocycles. The number of aryl methyl sites for hydroxylation is 1. The van der Waals surface area contributed by atoms with Gasteiger partial charge in [0.1, 0.15) is 19.4 Å². The van der Waals surface area contributed by atoms with Gasteiger partial charge in [0.05, 0.1) is 12.7 Å². The van der Waals surface area contributed by atoms with Crippen LogP contribution in [0.15, 0.2) is 76.4 Å². The van der Waals surface area contributed by atoms with Crippen LogP contribution in [0.1, 0.15) is 45.3 Å². The summed E-state index contributed by atoms with van der Waals surface area (Å²) >= 11 is 0. The normalized spacial score (nSPS) is 17.4. The molecule has 1 fully saturated rings. The molecule has 200 valence electrons. The van der Waals surface area contributed by atoms with Crippen LogP contribution in [-0.2, 0) is 22.9 Å². The Morgan fingerprint density at radius 1 is 0.921 bits per heavy atom. The molecule has 0 unspecified atom stereocenters. The van der Waals surface area contributed by atoms with Gasteiger partial charge >= 0.3 is 13.5 Å². The van der Waals surface area contributed by atoms with Crippen LogP contribution in [0.25, 0.3) is 0 Å². The van der Waals surface area contributed by atoms with Crippen molar-refractivity contribution in [3.8, 4) is 0 Å². The van der Waals surface area contributed by atoms with Crippen molar-refractivity contribution in [3.63, 3.8) is 0 Å². The van der Waals surface area contributed by atoms with E-state index in [0.717, 1.165) is 0 Å². The minimum absolute atomic E-state index is 0.246. The maximum absolute atomic E-state index is 13.4. The van der Waals surface area contributed by atoms with Crippen LogP contribution in [0.3, 0.4) is 0 Å². The number of phosphoric acid groups is 1. The van der Waals surface area contributed by atoms with E-state index in [0.29, 0.717) is 29.5 Å². The number of nitrogens with one attached hydrogen (secondary N) is 1. The Morgan fingerprint density at radius 3 is 2.03 bits per heavy atom. The lowest BCUT2D eigenvalue weighted by atomic mass is 10.1. The second-order valence-corrected chi connectivity index (χ2v) is 10.3. The van der Waals surface area contributed by atoms with Gasteiger partial charge < -0.3 is 4.74 Å². The SMILES string of the molecule is Cc1cn([C@@H]2CC[C@H](COP(=O)(OCC(=O)c3ccccc3)OCC(=O)c3ccccc3)O2)c(=O)[nH]c1=O. The van der Waals surface area contributed by atoms with Crippen molar-refractivity contribution in [1.82, 2.24) is 9.55 Å². The lowest BCUT2D eigenvalue weighted by molar-refractivity contribution is -0.0274. The van der Waals surface area contributed by atoms with Gasteiger partial charge in [-0.25, -0.2) is 9.36 Å². The van der Waals surface area contributed by atoms with Crippen molar-refractivity contribution in [2.75, 3.05) is 19.8 Å². The summed E-state index contributed by atoms with van der Waals surface area (Å²) in [5.74, 6) is -0.894. The van der Waals surface area contributed by atoms with Crippen LogP contribution in [-0.4, -0.2) is 47.0 Å². The van der Waals surface area contributed by atoms with E-state index in [1.54, 1.807) is 67.6 Å². The van der Waals surface area contributed by atoms with Crippen molar-refractivity contribution < 1.29 is 32.5 Å². The molecule has 1 aliphatic rings. The number of ether oxygens (including phenoxy) is 1. The van der Waals surface area contributed by atoms with Crippen LogP contribution in [0.5, 0.6) is 0 Å². The van der Waals surface area contributed by atoms with E-state index in [9.17, 15) is 23.7 Å². The van der Waals surface area contributed by atoms with Gasteiger partial charge in [-0.2, -0.15) is 0 Å². The first-order chi connectivity index (χ1) is 18.2. The summed E-state index contributed by atoms with van der Waals surface area (Å²) < 4.78 is 36.6. The number of carbonyl (C=O) groups excluding carboxylic acids is 2. The van der Waals surface area contributed by atoms with E-state index in [1.165, 1.54) is 10.8 Å². The van der Waals surface area contributed by atoms with Crippen molar-refractivity contribution in [2.45, 2.75) is 32.1 Å². The molecule has 0 bridgehead atoms. The number of aromatic nitrogens is 2. The molecule has 2 atom stereocenters. The lowest BCUT2D eigenvalue weighted by Gasteiger charge is -2.20. The largest absolute Gasteiger partial charge is 0.475 e. The summed E-state index contributed by atoms with van der Waals surface area (Å²) in [5, 5.41) is 0. The lowest BCUT2D eigenvalue weighted by Crippen LogP contribution is -2.33. The van der Waals surface area contributed by atoms with Crippen LogP contribution in [0.4, 0.5) is 0 Å². The molecule has 0 saturated carbocycles. The number of nitrogens with zero attached hydrogens (tertiary/aromatic N) is 1. The molecular formula is C26H27N2O9P. The summed E-state index contributed by atoms with van der Waals surface area (Å²) in [5.41, 5.74) is -0.0331. The zero-order chi connectivity index (χ0) is 27.1. The first-order valence-corrected chi connectivity index (χ1v) is 13.4. The van der Waals surface area contributed by atoms with E-state index >= 15 is 0 Å². The third-order valence-electron chi connectivity index (χ3n) is 5.86. The Morgan fingerprint density at radius 2 is 1.47 bits per heavy atom. The van der Waals surface area contributed by atoms with Crippen LogP contribution < -0.4 is 11.2 Å². The minimum Gasteiger partial charge on any atom is -0.352 e. The van der Waals surface area contributed by atoms with Gasteiger partial charge in [-0.05, 0) is 19.8 Å². The van der Waals surface area contributed by atoms with Crippen molar-refractivity contribution in [1.29, 1.82) is 0 Å². The van der Waals surface area contributed by atoms with Gasteiger partial charge in [-0.1, -0.05) is 60.7 Å². The molecule has 1 N–H and O–H groups in total. The number of benzene rings is 2. The third-order valence-corrected chi connectivity index (χ3v) is 7.21. The van der Waals surface area contributed by atoms with Crippen molar-refractivity contribution in [3.05, 3.63) is 104 Å². The topological polar surface area (TPSA) is 143 Å². The first kappa shape index (κ1) is 27.6. The summed E-state index contributed by atoms with van der Waals surface area (Å²) in [6, 6.07) is 16.6. The molecule has 2 aromatic carbocycles. The summed E-state index contributed by atoms with van der Waals surface area (Å²) in [4.78, 5) is 51.0. The molecule has 11 nitrogen and oxygen atoms in total. The van der Waals surface area contributed by atoms with Crippen molar-refractivity contribution in [2.24, 2.45) is 0 Å². The van der Waals surface area contributed by atoms with Gasteiger partial charge in [0, 0.05) is 22.9 Å². The smallest absolute Gasteiger partial charge is 0.352 e. The number of Topliss-reactive ketones (excluding diaryl/α,β-unsaturated/α-hetero) is 2. The average molecular weight is 542 g/mol. The summed E-state index contributed by atoms with van der Waals surface area (Å²) in [6.45, 7) is 0.134. The molecule has 1 aromatic heterocycles. The molecule has 2 heterocycles. The molecule has 0 radical (unpaired) electrons. The molecule has 3 aromatic rings. The maximum Gasteiger partial charge on any atom is 0.475 e. The Hall–Kier alpha value is -3.47. The Labute approximate surface area is 217 Å². The molecule has 38 heavy (non-hydrogen) atoms. The van der Waals surface area contributed by atoms with Gasteiger partial charge in [-0.3, -0.25) is 37.5 Å². The van der Waals surface area contributed by atoms with E-state index in [4.69, 9.17) is 18.3 Å². The minimum atomic E-state index is -4.37. The zero-order valence-electron chi connectivity index (χ0n) is 20.6. The molecular weight excluding hydrogens is 515 g/mol. The molecule has 4 rings (SSSR count). The van der Waals surface area contributed by atoms with Crippen LogP contribution in [0, 0.1) is 6.92 Å². The summed E-state index contributed by atoms with van der Waals surface area (Å²) in [7, 11) is -4.37. The molecule has 0 spiro atoms. The van der Waals surface area contributed by atoms with E-state index in [1.807, 2.05) is 0 Å². The predicted molar refractivity (Wildman–Crippen MR) is 136 cm³/mol. The zero-order valence-corrected chi connectivity index (χ0v) is 21.5. The Bertz CT molecular complexity index is 1380. The fourth-order valence-corrected chi connectivity index (χ4v) is 4.91. The highest BCUT2D eigenvalue weighted by Gasteiger charge is 2.34. The number of carbonyl (C=O) groups is 2. The first-order valence-electron chi connectivity index (χ1n) is 11.9. The second-order valence-electron chi connectivity index (χ2n) is 8.64. The molecule has 1 aliphatic heterocycles. The number of phosphoric ester groups is 1. The fraction of sp³-hybridized carbons (Fsp3) is 0.308. The molecule has 12 heteroatoms. The monoisotopic (exact) mass is 542 g/mol. The number of H-pyrrole nitrogens is 1. The predicted octanol–water partition coefficient (Wildman–Crippen LogP) is 3.45. The van der Waals surface area contributed by atoms with Gasteiger partial charge in [0.15, 0.2) is 11.6 Å². The number of hydrogen-bond donors (Lipinski definition) is 1. The van der Waals surface area contributed by atoms with Crippen molar-refractivity contribution >= 4 is 19.4 Å². The number of ketones is 2. The van der Waals surface area contributed by atoms with Gasteiger partial charge in [0.2, 0.25) is 0 Å². The standard InChI is InChI=1S/C26H27N2O9P/c1-18-14-28(26(32)27-25(18)31)24-13-12-21(37-24)15-34-38(33,35-16-22(29)19-8-4-2-5-9-19)36-17-23(30)20-10-6-3-7-11-20/h2-11,14,21,24H,12-13,15-17H2,1H3,(H,27,31,32)/t21-,24+/m1/s1. The highest BCUT2D eigenvalue weighted by molar-refractivity contribution is 7.48. The van der Waals surface area contributed by atoms with E-state index in [2.05, 4.69) is 4.98 Å². The maximum atomic E-state index is 13.4. The number of rotatable bonds is 12. The van der Waals surface area contributed by atoms with Gasteiger partial charge in [0.25, 0.3) is 5.56 Å². The summed E-state index contributed by atoms with van der Waals surface area (Å²) in [6.07, 6.45) is 1.05. The fourth-order valence-electron chi connectivity index (χ4n) is 3.79. The van der Waals surface area contributed by atoms with Gasteiger partial charge in [-0.15, -0.1) is 0 Å². The highest BCUT2D eigenvalue weighted by atomic mass is 31.2. The quantitative estimate of drug-likeness (QED) is 0.269. The molecule has 0 amide bonds. The number of hydrogen-bond acceptors (Lipinski definition) is 9. The van der Waals surface area contributed by atoms with E-state index < -0.39 is 56.2 Å². The highest BCUT2D eigenvalue weighted by Crippen LogP contribution is 2.50. The number of aromatic amines is 1. The Balaban J connectivity index is 1.41. The Kier molecular flexibility index (Phi) is 8.98. The molecule has 0 aliphatic carbocycles. The van der Waals surface area contributed by atoms with Crippen LogP contribution >= 0.6 is 7.82 Å². The van der Waals surface area contributed by atoms with Crippen LogP contribution in [0.2, 0.25) is 0 Å². The van der Waals surface area contributed by atoms with E-state index in [-0.39, 0.29) is 6.61 Å². The second kappa shape index (κ2) is 12.4.